The molecule has 0 aliphatic rings. The SMILES string of the molecule is N#Cc1ccc(-c2cc(-c3cc(-c4nc(-c5ccccc5)nc(-c5ccccc5)n4)ccc3-n3c4ccccc4c4cc(-n5c6ccccc6c6ccccc65)ccc43)ccc2-n2c3ccccc3c3cc(-n4c5ccccc5c5ccccc54)ccc32)cc1. The summed E-state index contributed by atoms with van der Waals surface area (Å²) in [5.41, 5.74) is 20.3. The zero-order chi connectivity index (χ0) is 59.4. The average Bonchev–Trinajstić information content (AvgIpc) is 1.62. The normalized spacial score (nSPS) is 11.8. The fourth-order valence-electron chi connectivity index (χ4n) is 14.0. The summed E-state index contributed by atoms with van der Waals surface area (Å²) >= 11 is 0. The molecule has 418 valence electrons. The third-order valence-corrected chi connectivity index (χ3v) is 18.1. The van der Waals surface area contributed by atoms with Crippen molar-refractivity contribution in [1.82, 2.24) is 33.2 Å². The van der Waals surface area contributed by atoms with Crippen LogP contribution in [0.3, 0.4) is 0 Å². The molecule has 5 heterocycles. The lowest BCUT2D eigenvalue weighted by Crippen LogP contribution is -2.03. The van der Waals surface area contributed by atoms with Crippen molar-refractivity contribution < 1.29 is 0 Å². The van der Waals surface area contributed by atoms with E-state index in [2.05, 4.69) is 255 Å². The van der Waals surface area contributed by atoms with Crippen molar-refractivity contribution in [2.24, 2.45) is 0 Å². The van der Waals surface area contributed by atoms with E-state index in [1.165, 1.54) is 21.5 Å². The second-order valence-corrected chi connectivity index (χ2v) is 23.0. The minimum atomic E-state index is 0.558. The molecule has 0 atom stereocenters. The molecule has 18 aromatic rings. The van der Waals surface area contributed by atoms with Crippen molar-refractivity contribution in [3.05, 3.63) is 309 Å². The van der Waals surface area contributed by atoms with Gasteiger partial charge in [-0.1, -0.05) is 188 Å². The van der Waals surface area contributed by atoms with Crippen LogP contribution in [0.5, 0.6) is 0 Å². The highest BCUT2D eigenvalue weighted by Gasteiger charge is 2.24. The van der Waals surface area contributed by atoms with E-state index in [4.69, 9.17) is 15.0 Å². The molecule has 0 bridgehead atoms. The van der Waals surface area contributed by atoms with Gasteiger partial charge in [-0.15, -0.1) is 0 Å². The fourth-order valence-corrected chi connectivity index (χ4v) is 14.0. The van der Waals surface area contributed by atoms with E-state index in [-0.39, 0.29) is 0 Å². The Bertz CT molecular complexity index is 5810. The first kappa shape index (κ1) is 50.8. The van der Waals surface area contributed by atoms with Crippen molar-refractivity contribution >= 4 is 87.2 Å². The van der Waals surface area contributed by atoms with Gasteiger partial charge in [0.25, 0.3) is 0 Å². The van der Waals surface area contributed by atoms with Crippen molar-refractivity contribution in [2.45, 2.75) is 0 Å². The number of benzene rings is 13. The predicted octanol–water partition coefficient (Wildman–Crippen LogP) is 20.5. The summed E-state index contributed by atoms with van der Waals surface area (Å²) in [5, 5.41) is 19.6. The van der Waals surface area contributed by atoms with E-state index >= 15 is 0 Å². The average molecular weight is 1150 g/mol. The Labute approximate surface area is 516 Å². The van der Waals surface area contributed by atoms with Gasteiger partial charge in [0.15, 0.2) is 17.5 Å². The zero-order valence-corrected chi connectivity index (χ0v) is 48.4. The number of aromatic nitrogens is 7. The van der Waals surface area contributed by atoms with Gasteiger partial charge in [-0.3, -0.25) is 0 Å². The highest BCUT2D eigenvalue weighted by Crippen LogP contribution is 2.45. The van der Waals surface area contributed by atoms with E-state index in [0.29, 0.717) is 23.0 Å². The van der Waals surface area contributed by atoms with Crippen molar-refractivity contribution in [2.75, 3.05) is 0 Å². The molecule has 0 aliphatic carbocycles. The summed E-state index contributed by atoms with van der Waals surface area (Å²) in [5.74, 6) is 1.74. The van der Waals surface area contributed by atoms with E-state index in [9.17, 15) is 5.26 Å². The molecule has 0 fully saturated rings. The van der Waals surface area contributed by atoms with Crippen LogP contribution < -0.4 is 0 Å². The maximum Gasteiger partial charge on any atom is 0.164 e. The third-order valence-electron chi connectivity index (χ3n) is 18.1. The van der Waals surface area contributed by atoms with Crippen LogP contribution in [0, 0.1) is 11.3 Å². The van der Waals surface area contributed by atoms with Crippen LogP contribution in [0.25, 0.3) is 166 Å². The van der Waals surface area contributed by atoms with E-state index in [1.54, 1.807) is 0 Å². The second-order valence-electron chi connectivity index (χ2n) is 23.0. The summed E-state index contributed by atoms with van der Waals surface area (Å²) in [6, 6.07) is 110. The molecular weight excluding hydrogens is 1100 g/mol. The zero-order valence-electron chi connectivity index (χ0n) is 48.4. The van der Waals surface area contributed by atoms with Gasteiger partial charge >= 0.3 is 0 Å². The molecule has 0 saturated heterocycles. The largest absolute Gasteiger partial charge is 0.309 e. The summed E-state index contributed by atoms with van der Waals surface area (Å²) in [6.07, 6.45) is 0. The van der Waals surface area contributed by atoms with Crippen molar-refractivity contribution in [3.63, 3.8) is 0 Å². The Morgan fingerprint density at radius 3 is 0.956 bits per heavy atom. The first-order valence-electron chi connectivity index (χ1n) is 30.3. The predicted molar refractivity (Wildman–Crippen MR) is 369 cm³/mol. The molecule has 0 amide bonds. The molecule has 0 radical (unpaired) electrons. The van der Waals surface area contributed by atoms with Crippen LogP contribution in [0.4, 0.5) is 0 Å². The van der Waals surface area contributed by atoms with Crippen LogP contribution in [0.2, 0.25) is 0 Å². The number of nitrogens with zero attached hydrogens (tertiary/aromatic N) is 8. The monoisotopic (exact) mass is 1150 g/mol. The first-order valence-corrected chi connectivity index (χ1v) is 30.3. The number of fused-ring (bicyclic) bond motifs is 12. The molecule has 13 aromatic carbocycles. The topological polar surface area (TPSA) is 82.2 Å². The maximum atomic E-state index is 10.2. The van der Waals surface area contributed by atoms with Gasteiger partial charge in [-0.05, 0) is 126 Å². The number of rotatable bonds is 9. The van der Waals surface area contributed by atoms with Crippen LogP contribution in [0.1, 0.15) is 5.56 Å². The maximum absolute atomic E-state index is 10.2. The Balaban J connectivity index is 0.885. The number of hydrogen-bond donors (Lipinski definition) is 0. The van der Waals surface area contributed by atoms with Gasteiger partial charge in [-0.25, -0.2) is 15.0 Å². The Kier molecular flexibility index (Phi) is 11.5. The molecule has 8 heteroatoms. The lowest BCUT2D eigenvalue weighted by Gasteiger charge is -2.19. The summed E-state index contributed by atoms with van der Waals surface area (Å²) in [6.45, 7) is 0. The second kappa shape index (κ2) is 20.3. The van der Waals surface area contributed by atoms with E-state index in [1.807, 2.05) is 72.8 Å². The van der Waals surface area contributed by atoms with Gasteiger partial charge in [0.2, 0.25) is 0 Å². The quantitative estimate of drug-likeness (QED) is 0.144. The minimum absolute atomic E-state index is 0.558. The number of para-hydroxylation sites is 6. The molecule has 18 rings (SSSR count). The lowest BCUT2D eigenvalue weighted by molar-refractivity contribution is 1.07. The van der Waals surface area contributed by atoms with Gasteiger partial charge in [0.1, 0.15) is 0 Å². The molecule has 0 aliphatic heterocycles. The molecule has 5 aromatic heterocycles. The smallest absolute Gasteiger partial charge is 0.164 e. The summed E-state index contributed by atoms with van der Waals surface area (Å²) in [4.78, 5) is 15.7. The number of nitriles is 1. The Hall–Kier alpha value is -12.4. The minimum Gasteiger partial charge on any atom is -0.309 e. The van der Waals surface area contributed by atoms with Crippen LogP contribution in [-0.2, 0) is 0 Å². The van der Waals surface area contributed by atoms with E-state index < -0.39 is 0 Å². The standard InChI is InChI=1S/C82H50N8/c83-51-52-35-37-53(38-36-52)66-47-56(39-43-76(66)89-74-33-17-11-27-64(74)68-49-58(41-45-78(68)89)87-70-29-13-7-23-60(70)61-24-8-14-30-71(61)87)67-48-57(82-85-80(54-19-3-1-4-20-54)84-81(86-82)55-21-5-2-6-22-55)40-44-77(67)90-75-34-18-12-28-65(75)69-50-59(42-46-79(69)90)88-72-31-15-9-25-62(72)63-26-10-16-32-73(63)88/h1-50H. The van der Waals surface area contributed by atoms with Gasteiger partial charge in [-0.2, -0.15) is 5.26 Å². The third kappa shape index (κ3) is 7.97. The van der Waals surface area contributed by atoms with E-state index in [0.717, 1.165) is 127 Å². The van der Waals surface area contributed by atoms with Crippen molar-refractivity contribution in [1.29, 1.82) is 5.26 Å². The van der Waals surface area contributed by atoms with Gasteiger partial charge in [0.05, 0.1) is 67.1 Å². The first-order chi connectivity index (χ1) is 44.6. The number of hydrogen-bond acceptors (Lipinski definition) is 4. The molecule has 0 unspecified atom stereocenters. The lowest BCUT2D eigenvalue weighted by atomic mass is 9.94. The van der Waals surface area contributed by atoms with Gasteiger partial charge < -0.3 is 18.3 Å². The molecule has 0 spiro atoms. The Morgan fingerprint density at radius 2 is 0.544 bits per heavy atom. The van der Waals surface area contributed by atoms with Crippen molar-refractivity contribution in [3.8, 4) is 85.2 Å². The molecule has 0 saturated carbocycles. The summed E-state index contributed by atoms with van der Waals surface area (Å²) in [7, 11) is 0. The molecule has 90 heavy (non-hydrogen) atoms. The summed E-state index contributed by atoms with van der Waals surface area (Å²) < 4.78 is 9.63. The highest BCUT2D eigenvalue weighted by atomic mass is 15.0. The Morgan fingerprint density at radius 1 is 0.233 bits per heavy atom. The van der Waals surface area contributed by atoms with Gasteiger partial charge in [0, 0.05) is 82.3 Å². The van der Waals surface area contributed by atoms with Crippen LogP contribution >= 0.6 is 0 Å². The van der Waals surface area contributed by atoms with Crippen LogP contribution in [0.15, 0.2) is 303 Å². The molecule has 0 N–H and O–H groups in total. The highest BCUT2D eigenvalue weighted by molar-refractivity contribution is 6.15. The van der Waals surface area contributed by atoms with Crippen LogP contribution in [-0.4, -0.2) is 33.2 Å². The fraction of sp³-hybridized carbons (Fsp3) is 0. The molecule has 8 nitrogen and oxygen atoms in total. The molecular formula is C82H50N8.